The Morgan fingerprint density at radius 1 is 1.06 bits per heavy atom. The summed E-state index contributed by atoms with van der Waals surface area (Å²) in [4.78, 5) is 29.5. The zero-order chi connectivity index (χ0) is 23.9. The number of carbonyl (C=O) groups is 2. The van der Waals surface area contributed by atoms with E-state index in [4.69, 9.17) is 16.3 Å². The van der Waals surface area contributed by atoms with E-state index < -0.39 is 5.54 Å². The van der Waals surface area contributed by atoms with E-state index in [-0.39, 0.29) is 17.9 Å². The Balaban J connectivity index is 1.60. The first-order valence-corrected chi connectivity index (χ1v) is 12.4. The molecular formula is C27H30ClN3O3. The number of halogens is 1. The Hall–Kier alpha value is -2.99. The van der Waals surface area contributed by atoms with Gasteiger partial charge in [-0.25, -0.2) is 0 Å². The molecule has 1 aliphatic carbocycles. The van der Waals surface area contributed by atoms with Gasteiger partial charge >= 0.3 is 0 Å². The predicted molar refractivity (Wildman–Crippen MR) is 135 cm³/mol. The summed E-state index contributed by atoms with van der Waals surface area (Å²) < 4.78 is 7.38. The third-order valence-corrected chi connectivity index (χ3v) is 7.51. The van der Waals surface area contributed by atoms with E-state index in [1.807, 2.05) is 35.8 Å². The molecule has 0 spiro atoms. The number of amides is 2. The molecule has 2 amide bonds. The smallest absolute Gasteiger partial charge is 0.275 e. The number of nitrogens with zero attached hydrogens (tertiary/aromatic N) is 2. The molecule has 7 heteroatoms. The first kappa shape index (κ1) is 22.8. The summed E-state index contributed by atoms with van der Waals surface area (Å²) >= 11 is 6.13. The van der Waals surface area contributed by atoms with Crippen molar-refractivity contribution < 1.29 is 14.3 Å². The lowest BCUT2D eigenvalue weighted by atomic mass is 9.92. The summed E-state index contributed by atoms with van der Waals surface area (Å²) in [6.07, 6.45) is 6.61. The number of carbonyl (C=O) groups excluding carboxylic acids is 2. The Labute approximate surface area is 204 Å². The number of benzene rings is 2. The molecule has 178 valence electrons. The zero-order valence-corrected chi connectivity index (χ0v) is 20.4. The van der Waals surface area contributed by atoms with Crippen molar-refractivity contribution in [1.82, 2.24) is 9.88 Å². The highest BCUT2D eigenvalue weighted by Gasteiger charge is 2.49. The fraction of sp³-hybridized carbons (Fsp3) is 0.407. The van der Waals surface area contributed by atoms with Crippen LogP contribution in [0.25, 0.3) is 10.9 Å². The lowest BCUT2D eigenvalue weighted by Crippen LogP contribution is -2.65. The van der Waals surface area contributed by atoms with Gasteiger partial charge in [-0.15, -0.1) is 0 Å². The number of fused-ring (bicyclic) bond motifs is 3. The van der Waals surface area contributed by atoms with Crippen LogP contribution in [0.2, 0.25) is 5.02 Å². The van der Waals surface area contributed by atoms with Crippen LogP contribution in [0, 0.1) is 0 Å². The molecule has 2 heterocycles. The predicted octanol–water partition coefficient (Wildman–Crippen LogP) is 5.56. The summed E-state index contributed by atoms with van der Waals surface area (Å²) in [6, 6.07) is 14.9. The van der Waals surface area contributed by atoms with Crippen molar-refractivity contribution >= 4 is 40.0 Å². The summed E-state index contributed by atoms with van der Waals surface area (Å²) in [7, 11) is 1.62. The highest BCUT2D eigenvalue weighted by molar-refractivity contribution is 6.30. The second-order valence-corrected chi connectivity index (χ2v) is 10.0. The van der Waals surface area contributed by atoms with Gasteiger partial charge in [0.05, 0.1) is 19.2 Å². The number of nitrogens with one attached hydrogen (secondary N) is 1. The first-order chi connectivity index (χ1) is 16.4. The average Bonchev–Trinajstić information content (AvgIpc) is 2.99. The maximum Gasteiger partial charge on any atom is 0.275 e. The Morgan fingerprint density at radius 2 is 1.76 bits per heavy atom. The number of hydrogen-bond donors (Lipinski definition) is 1. The fourth-order valence-electron chi connectivity index (χ4n) is 5.36. The van der Waals surface area contributed by atoms with Gasteiger partial charge in [0, 0.05) is 28.2 Å². The van der Waals surface area contributed by atoms with E-state index in [1.165, 1.54) is 12.8 Å². The van der Waals surface area contributed by atoms with Crippen molar-refractivity contribution in [1.29, 1.82) is 0 Å². The van der Waals surface area contributed by atoms with Crippen molar-refractivity contribution in [3.05, 3.63) is 59.2 Å². The number of anilines is 1. The van der Waals surface area contributed by atoms with E-state index in [9.17, 15) is 9.59 Å². The number of rotatable bonds is 4. The first-order valence-electron chi connectivity index (χ1n) is 12.0. The van der Waals surface area contributed by atoms with E-state index in [0.29, 0.717) is 28.7 Å². The molecule has 6 nitrogen and oxygen atoms in total. The van der Waals surface area contributed by atoms with Crippen molar-refractivity contribution in [2.45, 2.75) is 63.6 Å². The Bertz CT molecular complexity index is 1230. The molecule has 2 aromatic carbocycles. The van der Waals surface area contributed by atoms with E-state index in [0.717, 1.165) is 36.6 Å². The molecule has 0 bridgehead atoms. The maximum atomic E-state index is 14.0. The average molecular weight is 480 g/mol. The standard InChI is InChI=1S/C27H30ClN3O3/c1-27(26(33)29-20-7-5-3-4-6-8-20)17-30-23-16-22(34-2)14-9-18(23)15-24(30)25(32)31(27)21-12-10-19(28)11-13-21/h9-16,20H,3-8,17H2,1-2H3,(H,29,33)/t27-/m0/s1. The van der Waals surface area contributed by atoms with Gasteiger partial charge in [0.2, 0.25) is 5.91 Å². The van der Waals surface area contributed by atoms with Crippen LogP contribution in [0.15, 0.2) is 48.5 Å². The van der Waals surface area contributed by atoms with E-state index >= 15 is 0 Å². The molecule has 0 unspecified atom stereocenters. The van der Waals surface area contributed by atoms with Crippen LogP contribution in [-0.4, -0.2) is 35.1 Å². The van der Waals surface area contributed by atoms with Crippen LogP contribution in [-0.2, 0) is 11.3 Å². The lowest BCUT2D eigenvalue weighted by molar-refractivity contribution is -0.127. The molecule has 0 saturated heterocycles. The number of hydrogen-bond acceptors (Lipinski definition) is 3. The normalized spacial score (nSPS) is 21.3. The van der Waals surface area contributed by atoms with E-state index in [1.54, 1.807) is 36.3 Å². The zero-order valence-electron chi connectivity index (χ0n) is 19.6. The van der Waals surface area contributed by atoms with Gasteiger partial charge in [-0.1, -0.05) is 37.3 Å². The van der Waals surface area contributed by atoms with Gasteiger partial charge < -0.3 is 14.6 Å². The van der Waals surface area contributed by atoms with Crippen LogP contribution < -0.4 is 15.0 Å². The Kier molecular flexibility index (Phi) is 6.02. The van der Waals surface area contributed by atoms with Crippen LogP contribution in [0.1, 0.15) is 55.9 Å². The molecular weight excluding hydrogens is 450 g/mol. The second-order valence-electron chi connectivity index (χ2n) is 9.59. The van der Waals surface area contributed by atoms with Gasteiger partial charge in [0.15, 0.2) is 0 Å². The highest BCUT2D eigenvalue weighted by atomic mass is 35.5. The molecule has 0 radical (unpaired) electrons. The lowest BCUT2D eigenvalue weighted by Gasteiger charge is -2.44. The minimum atomic E-state index is -1.11. The van der Waals surface area contributed by atoms with Gasteiger partial charge in [-0.2, -0.15) is 0 Å². The molecule has 1 fully saturated rings. The molecule has 1 N–H and O–H groups in total. The molecule has 5 rings (SSSR count). The van der Waals surface area contributed by atoms with Gasteiger partial charge in [0.1, 0.15) is 17.0 Å². The minimum Gasteiger partial charge on any atom is -0.497 e. The van der Waals surface area contributed by atoms with Gasteiger partial charge in [-0.3, -0.25) is 14.5 Å². The van der Waals surface area contributed by atoms with Crippen molar-refractivity contribution in [3.63, 3.8) is 0 Å². The summed E-state index contributed by atoms with van der Waals surface area (Å²) in [5.74, 6) is 0.381. The van der Waals surface area contributed by atoms with Crippen molar-refractivity contribution in [3.8, 4) is 5.75 Å². The van der Waals surface area contributed by atoms with Gasteiger partial charge in [0.25, 0.3) is 5.91 Å². The topological polar surface area (TPSA) is 63.6 Å². The molecule has 2 aliphatic rings. The summed E-state index contributed by atoms with van der Waals surface area (Å²) in [5, 5.41) is 4.82. The van der Waals surface area contributed by atoms with Crippen LogP contribution >= 0.6 is 11.6 Å². The van der Waals surface area contributed by atoms with Crippen LogP contribution in [0.4, 0.5) is 5.69 Å². The second kappa shape index (κ2) is 8.99. The Morgan fingerprint density at radius 3 is 2.44 bits per heavy atom. The van der Waals surface area contributed by atoms with Gasteiger partial charge in [-0.05, 0) is 62.2 Å². The fourth-order valence-corrected chi connectivity index (χ4v) is 5.48. The quantitative estimate of drug-likeness (QED) is 0.498. The van der Waals surface area contributed by atoms with Crippen LogP contribution in [0.5, 0.6) is 5.75 Å². The van der Waals surface area contributed by atoms with Crippen molar-refractivity contribution in [2.75, 3.05) is 12.0 Å². The SMILES string of the molecule is COc1ccc2cc3n(c2c1)C[C@@](C)(C(=O)NC1CCCCCC1)N(c1ccc(Cl)cc1)C3=O. The summed E-state index contributed by atoms with van der Waals surface area (Å²) in [6.45, 7) is 2.20. The maximum absolute atomic E-state index is 14.0. The molecule has 1 saturated carbocycles. The highest BCUT2D eigenvalue weighted by Crippen LogP contribution is 2.37. The molecule has 1 aromatic heterocycles. The number of methoxy groups -OCH3 is 1. The third-order valence-electron chi connectivity index (χ3n) is 7.26. The molecule has 1 aliphatic heterocycles. The molecule has 34 heavy (non-hydrogen) atoms. The third kappa shape index (κ3) is 3.94. The minimum absolute atomic E-state index is 0.127. The number of aromatic nitrogens is 1. The largest absolute Gasteiger partial charge is 0.497 e. The van der Waals surface area contributed by atoms with Crippen LogP contribution in [0.3, 0.4) is 0 Å². The van der Waals surface area contributed by atoms with E-state index in [2.05, 4.69) is 5.32 Å². The molecule has 1 atom stereocenters. The summed E-state index contributed by atoms with van der Waals surface area (Å²) in [5.41, 5.74) is 0.978. The number of ether oxygens (including phenoxy) is 1. The monoisotopic (exact) mass is 479 g/mol. The van der Waals surface area contributed by atoms with Crippen molar-refractivity contribution in [2.24, 2.45) is 0 Å². The molecule has 3 aromatic rings.